The second kappa shape index (κ2) is 7.27. The van der Waals surface area contributed by atoms with Gasteiger partial charge in [-0.25, -0.2) is 14.0 Å². The van der Waals surface area contributed by atoms with Crippen LogP contribution in [-0.2, 0) is 4.74 Å². The van der Waals surface area contributed by atoms with E-state index in [0.29, 0.717) is 0 Å². The van der Waals surface area contributed by atoms with Gasteiger partial charge in [0.05, 0.1) is 11.3 Å². The Balaban J connectivity index is 1.53. The molecule has 0 aliphatic heterocycles. The molecular weight excluding hydrogens is 377 g/mol. The summed E-state index contributed by atoms with van der Waals surface area (Å²) in [5.74, 6) is -3.46. The molecule has 0 atom stereocenters. The minimum Gasteiger partial charge on any atom is -0.505 e. The summed E-state index contributed by atoms with van der Waals surface area (Å²) in [5, 5.41) is 20.8. The zero-order valence-corrected chi connectivity index (χ0v) is 15.1. The van der Waals surface area contributed by atoms with Crippen LogP contribution in [0.5, 0.6) is 5.75 Å². The van der Waals surface area contributed by atoms with Crippen molar-refractivity contribution in [2.24, 2.45) is 0 Å². The van der Waals surface area contributed by atoms with Crippen LogP contribution in [0.3, 0.4) is 0 Å². The Morgan fingerprint density at radius 1 is 1.00 bits per heavy atom. The van der Waals surface area contributed by atoms with Gasteiger partial charge in [-0.15, -0.1) is 0 Å². The third kappa shape index (κ3) is 3.38. The fourth-order valence-electron chi connectivity index (χ4n) is 3.59. The Bertz CT molecular complexity index is 1080. The largest absolute Gasteiger partial charge is 0.505 e. The number of carboxylic acid groups (broad SMARTS) is 1. The molecule has 3 aromatic carbocycles. The van der Waals surface area contributed by atoms with Crippen molar-refractivity contribution in [1.29, 1.82) is 0 Å². The minimum absolute atomic E-state index is 0.0306. The summed E-state index contributed by atoms with van der Waals surface area (Å²) in [5.41, 5.74) is 3.46. The summed E-state index contributed by atoms with van der Waals surface area (Å²) >= 11 is 0. The van der Waals surface area contributed by atoms with Crippen LogP contribution in [0, 0.1) is 5.82 Å². The number of carbonyl (C=O) groups is 2. The number of aromatic hydroxyl groups is 1. The van der Waals surface area contributed by atoms with E-state index >= 15 is 0 Å². The van der Waals surface area contributed by atoms with Gasteiger partial charge in [0.25, 0.3) is 0 Å². The number of fused-ring (bicyclic) bond motifs is 3. The van der Waals surface area contributed by atoms with E-state index in [2.05, 4.69) is 5.32 Å². The van der Waals surface area contributed by atoms with Crippen LogP contribution in [0.15, 0.2) is 60.7 Å². The molecule has 146 valence electrons. The highest BCUT2D eigenvalue weighted by Crippen LogP contribution is 2.44. The second-order valence-electron chi connectivity index (χ2n) is 6.60. The maximum atomic E-state index is 13.6. The van der Waals surface area contributed by atoms with Crippen molar-refractivity contribution < 1.29 is 28.9 Å². The molecule has 0 heterocycles. The van der Waals surface area contributed by atoms with Crippen LogP contribution in [0.1, 0.15) is 27.4 Å². The molecule has 0 saturated carbocycles. The average molecular weight is 393 g/mol. The molecule has 1 aliphatic carbocycles. The number of carbonyl (C=O) groups excluding carboxylic acids is 1. The number of hydrogen-bond acceptors (Lipinski definition) is 4. The smallest absolute Gasteiger partial charge is 0.411 e. The number of nitrogens with one attached hydrogen (secondary N) is 1. The molecule has 6 nitrogen and oxygen atoms in total. The lowest BCUT2D eigenvalue weighted by Gasteiger charge is -2.15. The van der Waals surface area contributed by atoms with Crippen molar-refractivity contribution in [3.8, 4) is 16.9 Å². The highest BCUT2D eigenvalue weighted by atomic mass is 19.1. The molecular formula is C22H16FNO5. The Morgan fingerprint density at radius 3 is 2.17 bits per heavy atom. The summed E-state index contributed by atoms with van der Waals surface area (Å²) in [6.45, 7) is 0.0306. The van der Waals surface area contributed by atoms with Gasteiger partial charge in [-0.2, -0.15) is 0 Å². The van der Waals surface area contributed by atoms with E-state index in [9.17, 15) is 24.2 Å². The maximum absolute atomic E-state index is 13.6. The van der Waals surface area contributed by atoms with Gasteiger partial charge in [-0.05, 0) is 28.3 Å². The molecule has 3 aromatic rings. The van der Waals surface area contributed by atoms with Gasteiger partial charge in [-0.1, -0.05) is 48.5 Å². The quantitative estimate of drug-likeness (QED) is 0.564. The van der Waals surface area contributed by atoms with E-state index in [1.54, 1.807) is 0 Å². The van der Waals surface area contributed by atoms with Crippen molar-refractivity contribution >= 4 is 17.7 Å². The minimum atomic E-state index is -1.42. The van der Waals surface area contributed by atoms with Crippen LogP contribution in [0.25, 0.3) is 11.1 Å². The van der Waals surface area contributed by atoms with Crippen LogP contribution in [0.4, 0.5) is 14.9 Å². The summed E-state index contributed by atoms with van der Waals surface area (Å²) in [6.07, 6.45) is -0.917. The lowest BCUT2D eigenvalue weighted by Crippen LogP contribution is -2.19. The van der Waals surface area contributed by atoms with Gasteiger partial charge in [0, 0.05) is 12.0 Å². The fraction of sp³-hybridized carbons (Fsp3) is 0.0909. The zero-order valence-electron chi connectivity index (χ0n) is 15.1. The molecule has 0 unspecified atom stereocenters. The predicted octanol–water partition coefficient (Wildman–Crippen LogP) is 4.59. The molecule has 0 radical (unpaired) electrons. The number of phenols is 1. The number of halogens is 1. The van der Waals surface area contributed by atoms with Gasteiger partial charge >= 0.3 is 12.1 Å². The van der Waals surface area contributed by atoms with Crippen LogP contribution in [-0.4, -0.2) is 28.9 Å². The SMILES string of the molecule is O=C(Nc1cc(F)c(O)cc1C(=O)O)OCC1c2ccccc2-c2ccccc21. The first kappa shape index (κ1) is 18.5. The monoisotopic (exact) mass is 393 g/mol. The van der Waals surface area contributed by atoms with E-state index in [1.165, 1.54) is 0 Å². The number of benzene rings is 3. The van der Waals surface area contributed by atoms with Gasteiger partial charge < -0.3 is 14.9 Å². The van der Waals surface area contributed by atoms with Crippen molar-refractivity contribution in [3.63, 3.8) is 0 Å². The lowest BCUT2D eigenvalue weighted by molar-refractivity contribution is 0.0697. The third-order valence-corrected chi connectivity index (χ3v) is 4.90. The second-order valence-corrected chi connectivity index (χ2v) is 6.60. The highest BCUT2D eigenvalue weighted by molar-refractivity contribution is 5.99. The molecule has 3 N–H and O–H groups in total. The van der Waals surface area contributed by atoms with Crippen molar-refractivity contribution in [3.05, 3.63) is 83.2 Å². The molecule has 0 bridgehead atoms. The van der Waals surface area contributed by atoms with E-state index in [4.69, 9.17) is 4.74 Å². The molecule has 0 spiro atoms. The number of ether oxygens (including phenoxy) is 1. The lowest BCUT2D eigenvalue weighted by atomic mass is 9.98. The summed E-state index contributed by atoms with van der Waals surface area (Å²) in [6, 6.07) is 17.1. The Kier molecular flexibility index (Phi) is 4.64. The number of hydrogen-bond donors (Lipinski definition) is 3. The van der Waals surface area contributed by atoms with Crippen LogP contribution < -0.4 is 5.32 Å². The molecule has 0 saturated heterocycles. The molecule has 0 fully saturated rings. The number of aromatic carboxylic acids is 1. The Labute approximate surface area is 165 Å². The summed E-state index contributed by atoms with van der Waals surface area (Å²) in [7, 11) is 0. The summed E-state index contributed by atoms with van der Waals surface area (Å²) < 4.78 is 18.9. The van der Waals surface area contributed by atoms with Gasteiger partial charge in [0.1, 0.15) is 6.61 Å². The molecule has 7 heteroatoms. The van der Waals surface area contributed by atoms with Crippen molar-refractivity contribution in [2.45, 2.75) is 5.92 Å². The van der Waals surface area contributed by atoms with E-state index in [1.807, 2.05) is 48.5 Å². The molecule has 1 amide bonds. The normalized spacial score (nSPS) is 12.2. The third-order valence-electron chi connectivity index (χ3n) is 4.90. The Morgan fingerprint density at radius 2 is 1.59 bits per heavy atom. The van der Waals surface area contributed by atoms with Gasteiger partial charge in [0.2, 0.25) is 0 Å². The van der Waals surface area contributed by atoms with E-state index < -0.39 is 29.2 Å². The predicted molar refractivity (Wildman–Crippen MR) is 104 cm³/mol. The van der Waals surface area contributed by atoms with Gasteiger partial charge in [0.15, 0.2) is 11.6 Å². The van der Waals surface area contributed by atoms with Crippen molar-refractivity contribution in [1.82, 2.24) is 0 Å². The first-order valence-electron chi connectivity index (χ1n) is 8.83. The number of phenolic OH excluding ortho intramolecular Hbond substituents is 1. The fourth-order valence-corrected chi connectivity index (χ4v) is 3.59. The van der Waals surface area contributed by atoms with Gasteiger partial charge in [-0.3, -0.25) is 5.32 Å². The number of carboxylic acids is 1. The zero-order chi connectivity index (χ0) is 20.5. The highest BCUT2D eigenvalue weighted by Gasteiger charge is 2.29. The molecule has 0 aromatic heterocycles. The first-order valence-corrected chi connectivity index (χ1v) is 8.83. The summed E-state index contributed by atoms with van der Waals surface area (Å²) in [4.78, 5) is 23.5. The Hall–Kier alpha value is -3.87. The number of anilines is 1. The molecule has 4 rings (SSSR count). The van der Waals surface area contributed by atoms with E-state index in [0.717, 1.165) is 34.4 Å². The molecule has 1 aliphatic rings. The van der Waals surface area contributed by atoms with Crippen molar-refractivity contribution in [2.75, 3.05) is 11.9 Å². The number of amides is 1. The average Bonchev–Trinajstić information content (AvgIpc) is 3.03. The first-order chi connectivity index (χ1) is 14.0. The number of rotatable bonds is 4. The van der Waals surface area contributed by atoms with Crippen LogP contribution >= 0.6 is 0 Å². The van der Waals surface area contributed by atoms with E-state index in [-0.39, 0.29) is 18.2 Å². The standard InChI is InChI=1S/C22H16FNO5/c23-18-10-19(16(21(26)27)9-20(18)25)24-22(28)29-11-17-14-7-3-1-5-12(14)13-6-2-4-8-15(13)17/h1-10,17,25H,11H2,(H,24,28)(H,26,27). The molecule has 29 heavy (non-hydrogen) atoms. The topological polar surface area (TPSA) is 95.9 Å². The maximum Gasteiger partial charge on any atom is 0.411 e. The van der Waals surface area contributed by atoms with Crippen LogP contribution in [0.2, 0.25) is 0 Å².